The third kappa shape index (κ3) is 6.81. The summed E-state index contributed by atoms with van der Waals surface area (Å²) in [7, 11) is 0. The van der Waals surface area contributed by atoms with E-state index < -0.39 is 0 Å². The van der Waals surface area contributed by atoms with Crippen LogP contribution in [0, 0.1) is 0 Å². The van der Waals surface area contributed by atoms with Gasteiger partial charge in [-0.25, -0.2) is 4.99 Å². The highest BCUT2D eigenvalue weighted by molar-refractivity contribution is 14.0. The number of hydrogen-bond acceptors (Lipinski definition) is 3. The van der Waals surface area contributed by atoms with Gasteiger partial charge in [0, 0.05) is 37.7 Å². The molecule has 26 heavy (non-hydrogen) atoms. The molecule has 0 fully saturated rings. The number of fused-ring (bicyclic) bond motifs is 1. The smallest absolute Gasteiger partial charge is 0.241 e. The fourth-order valence-electron chi connectivity index (χ4n) is 2.72. The lowest BCUT2D eigenvalue weighted by Crippen LogP contribution is -2.41. The fraction of sp³-hybridized carbons (Fsp3) is 0.500. The van der Waals surface area contributed by atoms with Gasteiger partial charge in [0.25, 0.3) is 0 Å². The molecule has 1 unspecified atom stereocenters. The van der Waals surface area contributed by atoms with Gasteiger partial charge in [-0.3, -0.25) is 9.59 Å². The number of halogens is 1. The van der Waals surface area contributed by atoms with E-state index in [4.69, 9.17) is 0 Å². The highest BCUT2D eigenvalue weighted by Gasteiger charge is 2.24. The summed E-state index contributed by atoms with van der Waals surface area (Å²) in [6.07, 6.45) is 1.33. The maximum Gasteiger partial charge on any atom is 0.241 e. The summed E-state index contributed by atoms with van der Waals surface area (Å²) in [5, 5.41) is 12.1. The van der Waals surface area contributed by atoms with Crippen molar-refractivity contribution in [1.29, 1.82) is 0 Å². The third-order valence-electron chi connectivity index (χ3n) is 3.92. The van der Waals surface area contributed by atoms with Crippen LogP contribution in [0.25, 0.3) is 0 Å². The number of aliphatic imine (C=N–C) groups is 1. The van der Waals surface area contributed by atoms with Crippen molar-refractivity contribution >= 4 is 47.4 Å². The molecule has 4 N–H and O–H groups in total. The molecule has 0 radical (unpaired) electrons. The molecule has 2 rings (SSSR count). The fourth-order valence-corrected chi connectivity index (χ4v) is 2.72. The Balaban J connectivity index is 0.00000338. The minimum absolute atomic E-state index is 0. The molecular formula is C18H28IN5O2. The molecule has 0 aliphatic carbocycles. The Bertz CT molecular complexity index is 636. The molecule has 1 atom stereocenters. The molecule has 0 aromatic heterocycles. The molecule has 0 spiro atoms. The van der Waals surface area contributed by atoms with Crippen molar-refractivity contribution in [2.45, 2.75) is 32.6 Å². The molecule has 7 nitrogen and oxygen atoms in total. The van der Waals surface area contributed by atoms with Crippen molar-refractivity contribution < 1.29 is 9.59 Å². The number of para-hydroxylation sites is 1. The zero-order valence-electron chi connectivity index (χ0n) is 15.3. The minimum atomic E-state index is -0.0959. The second kappa shape index (κ2) is 11.7. The summed E-state index contributed by atoms with van der Waals surface area (Å²) in [5.74, 6) is 0.577. The van der Waals surface area contributed by atoms with Gasteiger partial charge in [-0.05, 0) is 25.0 Å². The number of hydrogen-bond donors (Lipinski definition) is 4. The average molecular weight is 473 g/mol. The summed E-state index contributed by atoms with van der Waals surface area (Å²) in [6.45, 7) is 5.99. The zero-order valence-corrected chi connectivity index (χ0v) is 17.6. The van der Waals surface area contributed by atoms with E-state index in [1.54, 1.807) is 0 Å². The van der Waals surface area contributed by atoms with Crippen LogP contribution in [0.15, 0.2) is 29.3 Å². The van der Waals surface area contributed by atoms with Gasteiger partial charge in [0.15, 0.2) is 5.96 Å². The van der Waals surface area contributed by atoms with E-state index in [2.05, 4.69) is 26.3 Å². The molecule has 0 saturated carbocycles. The van der Waals surface area contributed by atoms with E-state index in [-0.39, 0.29) is 48.3 Å². The number of nitrogens with one attached hydrogen (secondary N) is 4. The van der Waals surface area contributed by atoms with Crippen LogP contribution in [0.2, 0.25) is 0 Å². The van der Waals surface area contributed by atoms with Crippen molar-refractivity contribution in [3.05, 3.63) is 29.8 Å². The van der Waals surface area contributed by atoms with E-state index in [1.807, 2.05) is 38.1 Å². The lowest BCUT2D eigenvalue weighted by Gasteiger charge is -2.26. The molecule has 1 heterocycles. The first-order valence-corrected chi connectivity index (χ1v) is 8.81. The van der Waals surface area contributed by atoms with Crippen LogP contribution in [0.3, 0.4) is 0 Å². The van der Waals surface area contributed by atoms with Gasteiger partial charge < -0.3 is 21.3 Å². The Morgan fingerprint density at radius 1 is 1.23 bits per heavy atom. The first kappa shape index (κ1) is 22.2. The van der Waals surface area contributed by atoms with Crippen molar-refractivity contribution in [2.24, 2.45) is 4.99 Å². The highest BCUT2D eigenvalue weighted by Crippen LogP contribution is 2.31. The molecule has 1 aromatic rings. The zero-order chi connectivity index (χ0) is 18.1. The Labute approximate surface area is 171 Å². The summed E-state index contributed by atoms with van der Waals surface area (Å²) < 4.78 is 0. The molecular weight excluding hydrogens is 445 g/mol. The Morgan fingerprint density at radius 3 is 2.73 bits per heavy atom. The van der Waals surface area contributed by atoms with E-state index in [0.29, 0.717) is 32.0 Å². The maximum absolute atomic E-state index is 11.9. The van der Waals surface area contributed by atoms with Gasteiger partial charge in [-0.2, -0.15) is 0 Å². The highest BCUT2D eigenvalue weighted by atomic mass is 127. The van der Waals surface area contributed by atoms with Gasteiger partial charge in [0.2, 0.25) is 11.8 Å². The van der Waals surface area contributed by atoms with Crippen molar-refractivity contribution in [3.8, 4) is 0 Å². The number of amides is 2. The summed E-state index contributed by atoms with van der Waals surface area (Å²) in [4.78, 5) is 27.9. The number of nitrogens with zero attached hydrogens (tertiary/aromatic N) is 1. The second-order valence-corrected chi connectivity index (χ2v) is 5.96. The van der Waals surface area contributed by atoms with Gasteiger partial charge in [0.05, 0.1) is 0 Å². The van der Waals surface area contributed by atoms with Crippen LogP contribution in [-0.2, 0) is 9.59 Å². The quantitative estimate of drug-likeness (QED) is 0.276. The number of anilines is 1. The standard InChI is InChI=1S/C18H27N5O2.HI/c1-3-9-20-17(25)12-22-18(19-4-2)21-11-13-10-16(24)23-15-8-6-5-7-14(13)15;/h5-8,13H,3-4,9-12H2,1-2H3,(H,20,25)(H,23,24)(H2,19,21,22);1H. The molecule has 0 bridgehead atoms. The topological polar surface area (TPSA) is 94.6 Å². The molecule has 2 amide bonds. The largest absolute Gasteiger partial charge is 0.357 e. The summed E-state index contributed by atoms with van der Waals surface area (Å²) >= 11 is 0. The monoisotopic (exact) mass is 473 g/mol. The number of rotatable bonds is 7. The van der Waals surface area contributed by atoms with Crippen LogP contribution in [0.5, 0.6) is 0 Å². The number of carbonyl (C=O) groups excluding carboxylic acids is 2. The minimum Gasteiger partial charge on any atom is -0.357 e. The molecule has 0 saturated heterocycles. The van der Waals surface area contributed by atoms with Crippen molar-refractivity contribution in [3.63, 3.8) is 0 Å². The predicted molar refractivity (Wildman–Crippen MR) is 115 cm³/mol. The Hall–Kier alpha value is -1.84. The predicted octanol–water partition coefficient (Wildman–Crippen LogP) is 1.81. The molecule has 8 heteroatoms. The van der Waals surface area contributed by atoms with Crippen molar-refractivity contribution in [1.82, 2.24) is 16.0 Å². The van der Waals surface area contributed by atoms with Crippen LogP contribution in [0.1, 0.15) is 38.2 Å². The first-order chi connectivity index (χ1) is 12.1. The maximum atomic E-state index is 11.9. The molecule has 1 aliphatic rings. The third-order valence-corrected chi connectivity index (χ3v) is 3.92. The normalized spacial score (nSPS) is 16.0. The van der Waals surface area contributed by atoms with Crippen LogP contribution < -0.4 is 21.3 Å². The number of guanidine groups is 1. The Morgan fingerprint density at radius 2 is 2.00 bits per heavy atom. The van der Waals surface area contributed by atoms with Crippen molar-refractivity contribution in [2.75, 3.05) is 31.5 Å². The second-order valence-electron chi connectivity index (χ2n) is 5.96. The molecule has 1 aliphatic heterocycles. The first-order valence-electron chi connectivity index (χ1n) is 8.81. The summed E-state index contributed by atoms with van der Waals surface area (Å²) in [5.41, 5.74) is 1.98. The van der Waals surface area contributed by atoms with Gasteiger partial charge >= 0.3 is 0 Å². The summed E-state index contributed by atoms with van der Waals surface area (Å²) in [6, 6.07) is 7.83. The molecule has 1 aromatic carbocycles. The van der Waals surface area contributed by atoms with Gasteiger partial charge in [0.1, 0.15) is 6.54 Å². The van der Waals surface area contributed by atoms with Gasteiger partial charge in [-0.15, -0.1) is 24.0 Å². The lowest BCUT2D eigenvalue weighted by atomic mass is 9.90. The SMILES string of the molecule is CCCNC(=O)CN=C(NCC)NCC1CC(=O)Nc2ccccc21.I. The number of carbonyl (C=O) groups is 2. The Kier molecular flexibility index (Phi) is 10.0. The van der Waals surface area contributed by atoms with Gasteiger partial charge in [-0.1, -0.05) is 25.1 Å². The van der Waals surface area contributed by atoms with Crippen LogP contribution in [-0.4, -0.2) is 44.0 Å². The van der Waals surface area contributed by atoms with E-state index in [9.17, 15) is 9.59 Å². The van der Waals surface area contributed by atoms with E-state index in [0.717, 1.165) is 17.7 Å². The van der Waals surface area contributed by atoms with E-state index in [1.165, 1.54) is 0 Å². The van der Waals surface area contributed by atoms with Crippen LogP contribution >= 0.6 is 24.0 Å². The van der Waals surface area contributed by atoms with E-state index >= 15 is 0 Å². The average Bonchev–Trinajstić information content (AvgIpc) is 2.61. The molecule has 144 valence electrons. The van der Waals surface area contributed by atoms with Crippen LogP contribution in [0.4, 0.5) is 5.69 Å². The lowest BCUT2D eigenvalue weighted by molar-refractivity contribution is -0.119. The number of benzene rings is 1.